The fourth-order valence-corrected chi connectivity index (χ4v) is 4.31. The Morgan fingerprint density at radius 3 is 2.50 bits per heavy atom. The lowest BCUT2D eigenvalue weighted by Crippen LogP contribution is -2.26. The number of methoxy groups -OCH3 is 3. The zero-order valence-corrected chi connectivity index (χ0v) is 18.4. The molecule has 2 aromatic carbocycles. The number of halogens is 1. The Morgan fingerprint density at radius 1 is 1.12 bits per heavy atom. The maximum absolute atomic E-state index is 12.6. The van der Waals surface area contributed by atoms with Crippen LogP contribution < -0.4 is 19.5 Å². The summed E-state index contributed by atoms with van der Waals surface area (Å²) in [5.41, 5.74) is 2.17. The van der Waals surface area contributed by atoms with Crippen LogP contribution in [0.15, 0.2) is 42.6 Å². The van der Waals surface area contributed by atoms with E-state index in [9.17, 15) is 14.7 Å². The van der Waals surface area contributed by atoms with Crippen molar-refractivity contribution in [3.05, 3.63) is 64.4 Å². The molecule has 1 aliphatic heterocycles. The van der Waals surface area contributed by atoms with Crippen LogP contribution in [0.3, 0.4) is 0 Å². The number of hydrogen-bond acceptors (Lipinski definition) is 5. The summed E-state index contributed by atoms with van der Waals surface area (Å²) in [6.45, 7) is 0. The summed E-state index contributed by atoms with van der Waals surface area (Å²) in [6, 6.07) is 10.6. The summed E-state index contributed by atoms with van der Waals surface area (Å²) in [5.74, 6) is -0.689. The van der Waals surface area contributed by atoms with Gasteiger partial charge in [0.05, 0.1) is 32.7 Å². The van der Waals surface area contributed by atoms with Crippen LogP contribution in [0.2, 0.25) is 5.02 Å². The predicted molar refractivity (Wildman–Crippen MR) is 119 cm³/mol. The normalized spacial score (nSPS) is 15.0. The number of benzene rings is 2. The maximum atomic E-state index is 12.6. The number of rotatable bonds is 6. The topological polar surface area (TPSA) is 99.0 Å². The molecule has 2 N–H and O–H groups in total. The number of carbonyl (C=O) groups excluding carboxylic acids is 1. The number of carboxylic acid groups (broad SMARTS) is 1. The second-order valence-electron chi connectivity index (χ2n) is 7.19. The Morgan fingerprint density at radius 2 is 1.88 bits per heavy atom. The number of aromatic nitrogens is 1. The van der Waals surface area contributed by atoms with Crippen molar-refractivity contribution in [3.8, 4) is 22.9 Å². The molecule has 0 radical (unpaired) electrons. The summed E-state index contributed by atoms with van der Waals surface area (Å²) in [4.78, 5) is 24.6. The Bertz CT molecular complexity index is 1220. The lowest BCUT2D eigenvalue weighted by atomic mass is 9.87. The van der Waals surface area contributed by atoms with Crippen LogP contribution in [-0.4, -0.2) is 42.9 Å². The number of hydrogen-bond donors (Lipinski definition) is 2. The summed E-state index contributed by atoms with van der Waals surface area (Å²) < 4.78 is 18.3. The summed E-state index contributed by atoms with van der Waals surface area (Å²) in [5, 5.41) is 13.0. The van der Waals surface area contributed by atoms with E-state index in [-0.39, 0.29) is 23.6 Å². The molecule has 1 atom stereocenters. The van der Waals surface area contributed by atoms with E-state index in [1.807, 2.05) is 6.07 Å². The van der Waals surface area contributed by atoms with Crippen LogP contribution in [0.4, 0.5) is 5.69 Å². The lowest BCUT2D eigenvalue weighted by molar-refractivity contribution is -0.116. The van der Waals surface area contributed by atoms with Crippen LogP contribution in [-0.2, 0) is 4.79 Å². The zero-order chi connectivity index (χ0) is 23.0. The van der Waals surface area contributed by atoms with Gasteiger partial charge in [0.1, 0.15) is 5.56 Å². The van der Waals surface area contributed by atoms with Crippen molar-refractivity contribution in [2.24, 2.45) is 0 Å². The molecule has 8 nitrogen and oxygen atoms in total. The van der Waals surface area contributed by atoms with Crippen molar-refractivity contribution in [2.75, 3.05) is 26.6 Å². The van der Waals surface area contributed by atoms with E-state index in [1.165, 1.54) is 27.5 Å². The van der Waals surface area contributed by atoms with Crippen molar-refractivity contribution in [2.45, 2.75) is 12.3 Å². The van der Waals surface area contributed by atoms with E-state index in [0.29, 0.717) is 39.2 Å². The summed E-state index contributed by atoms with van der Waals surface area (Å²) >= 11 is 6.19. The van der Waals surface area contributed by atoms with Gasteiger partial charge in [0, 0.05) is 34.8 Å². The SMILES string of the molecule is COc1ccc([C@H]2CC(=O)Nc3c(C(=O)O)cn(-c4cccc(Cl)c4)c32)c(OC)c1OC. The quantitative estimate of drug-likeness (QED) is 0.572. The number of nitrogens with zero attached hydrogens (tertiary/aromatic N) is 1. The van der Waals surface area contributed by atoms with Gasteiger partial charge in [0.25, 0.3) is 0 Å². The second-order valence-corrected chi connectivity index (χ2v) is 7.62. The van der Waals surface area contributed by atoms with Crippen LogP contribution in [0.5, 0.6) is 17.2 Å². The van der Waals surface area contributed by atoms with Crippen LogP contribution in [0.25, 0.3) is 5.69 Å². The van der Waals surface area contributed by atoms with Gasteiger partial charge in [-0.1, -0.05) is 23.7 Å². The minimum absolute atomic E-state index is 0.0162. The summed E-state index contributed by atoms with van der Waals surface area (Å²) in [7, 11) is 4.52. The largest absolute Gasteiger partial charge is 0.493 e. The van der Waals surface area contributed by atoms with Gasteiger partial charge < -0.3 is 29.2 Å². The van der Waals surface area contributed by atoms with E-state index in [1.54, 1.807) is 34.9 Å². The number of anilines is 1. The molecule has 4 rings (SSSR count). The van der Waals surface area contributed by atoms with Crippen molar-refractivity contribution in [3.63, 3.8) is 0 Å². The third-order valence-electron chi connectivity index (χ3n) is 5.45. The molecule has 0 fully saturated rings. The first-order valence-corrected chi connectivity index (χ1v) is 10.1. The zero-order valence-electron chi connectivity index (χ0n) is 17.6. The highest BCUT2D eigenvalue weighted by Gasteiger charge is 2.36. The van der Waals surface area contributed by atoms with Crippen molar-refractivity contribution in [1.82, 2.24) is 4.57 Å². The highest BCUT2D eigenvalue weighted by Crippen LogP contribution is 2.49. The minimum atomic E-state index is -1.15. The molecular formula is C23H21ClN2O6. The van der Waals surface area contributed by atoms with Gasteiger partial charge in [-0.3, -0.25) is 4.79 Å². The molecule has 2 heterocycles. The number of aromatic carboxylic acids is 1. The fraction of sp³-hybridized carbons (Fsp3) is 0.217. The number of carboxylic acids is 1. The third-order valence-corrected chi connectivity index (χ3v) is 5.69. The van der Waals surface area contributed by atoms with E-state index >= 15 is 0 Å². The highest BCUT2D eigenvalue weighted by atomic mass is 35.5. The molecule has 1 aliphatic rings. The van der Waals surface area contributed by atoms with Gasteiger partial charge in [-0.2, -0.15) is 0 Å². The van der Waals surface area contributed by atoms with Gasteiger partial charge in [-0.15, -0.1) is 0 Å². The first-order valence-electron chi connectivity index (χ1n) is 9.72. The van der Waals surface area contributed by atoms with Crippen LogP contribution >= 0.6 is 11.6 Å². The molecule has 9 heteroatoms. The van der Waals surface area contributed by atoms with E-state index in [2.05, 4.69) is 5.32 Å². The van der Waals surface area contributed by atoms with Crippen LogP contribution in [0.1, 0.15) is 34.0 Å². The predicted octanol–water partition coefficient (Wildman–Crippen LogP) is 4.33. The molecule has 166 valence electrons. The molecular weight excluding hydrogens is 436 g/mol. The van der Waals surface area contributed by atoms with E-state index in [0.717, 1.165) is 0 Å². The van der Waals surface area contributed by atoms with Gasteiger partial charge in [-0.25, -0.2) is 4.79 Å². The smallest absolute Gasteiger partial charge is 0.339 e. The van der Waals surface area contributed by atoms with E-state index in [4.69, 9.17) is 25.8 Å². The van der Waals surface area contributed by atoms with Gasteiger partial charge >= 0.3 is 5.97 Å². The maximum Gasteiger partial charge on any atom is 0.339 e. The van der Waals surface area contributed by atoms with Crippen LogP contribution in [0, 0.1) is 0 Å². The molecule has 0 unspecified atom stereocenters. The molecule has 0 aliphatic carbocycles. The Hall–Kier alpha value is -3.65. The average Bonchev–Trinajstić information content (AvgIpc) is 3.17. The number of ether oxygens (including phenoxy) is 3. The van der Waals surface area contributed by atoms with E-state index < -0.39 is 11.9 Å². The first kappa shape index (κ1) is 21.6. The molecule has 32 heavy (non-hydrogen) atoms. The Kier molecular flexibility index (Phi) is 5.71. The monoisotopic (exact) mass is 456 g/mol. The molecule has 1 aromatic heterocycles. The molecule has 3 aromatic rings. The molecule has 0 bridgehead atoms. The van der Waals surface area contributed by atoms with Crippen molar-refractivity contribution in [1.29, 1.82) is 0 Å². The standard InChI is InChI=1S/C23H21ClN2O6/c1-30-17-8-7-14(21(31-2)22(17)32-3)15-10-18(27)25-19-16(23(28)29)11-26(20(15)19)13-6-4-5-12(24)9-13/h4-9,11,15H,10H2,1-3H3,(H,25,27)(H,28,29)/t15-/m1/s1. The van der Waals surface area contributed by atoms with Crippen molar-refractivity contribution >= 4 is 29.2 Å². The number of fused-ring (bicyclic) bond motifs is 1. The fourth-order valence-electron chi connectivity index (χ4n) is 4.13. The van der Waals surface area contributed by atoms with Gasteiger partial charge in [0.15, 0.2) is 11.5 Å². The number of carbonyl (C=O) groups is 2. The molecule has 0 saturated carbocycles. The van der Waals surface area contributed by atoms with Gasteiger partial charge in [0.2, 0.25) is 11.7 Å². The Labute approximate surface area is 189 Å². The lowest BCUT2D eigenvalue weighted by Gasteiger charge is -2.28. The Balaban J connectivity index is 2.01. The minimum Gasteiger partial charge on any atom is -0.493 e. The summed E-state index contributed by atoms with van der Waals surface area (Å²) in [6.07, 6.45) is 1.58. The third kappa shape index (κ3) is 3.52. The molecule has 0 spiro atoms. The van der Waals surface area contributed by atoms with Crippen molar-refractivity contribution < 1.29 is 28.9 Å². The second kappa shape index (κ2) is 8.47. The first-order chi connectivity index (χ1) is 15.4. The molecule has 0 saturated heterocycles. The average molecular weight is 457 g/mol. The highest BCUT2D eigenvalue weighted by molar-refractivity contribution is 6.30. The number of nitrogens with one attached hydrogen (secondary N) is 1. The molecule has 1 amide bonds. The number of amides is 1. The van der Waals surface area contributed by atoms with Gasteiger partial charge in [-0.05, 0) is 24.3 Å².